The molecule has 3 heterocycles. The van der Waals surface area contributed by atoms with Crippen LogP contribution in [0.25, 0.3) is 11.4 Å². The van der Waals surface area contributed by atoms with Gasteiger partial charge in [-0.05, 0) is 24.5 Å². The van der Waals surface area contributed by atoms with Gasteiger partial charge in [0, 0.05) is 24.5 Å². The van der Waals surface area contributed by atoms with Gasteiger partial charge in [0.05, 0.1) is 12.1 Å². The second kappa shape index (κ2) is 5.07. The Bertz CT molecular complexity index is 569. The summed E-state index contributed by atoms with van der Waals surface area (Å²) in [5, 5.41) is 16.7. The lowest BCUT2D eigenvalue weighted by atomic mass is 10.1. The third-order valence-electron chi connectivity index (χ3n) is 3.37. The zero-order valence-corrected chi connectivity index (χ0v) is 10.7. The summed E-state index contributed by atoms with van der Waals surface area (Å²) in [4.78, 5) is 8.53. The number of hydrogen-bond donors (Lipinski definition) is 2. The molecule has 3 rings (SSSR count). The molecule has 2 N–H and O–H groups in total. The largest absolute Gasteiger partial charge is 0.392 e. The molecular weight excluding hydrogens is 244 g/mol. The molecule has 0 saturated carbocycles. The van der Waals surface area contributed by atoms with E-state index in [1.807, 2.05) is 12.3 Å². The summed E-state index contributed by atoms with van der Waals surface area (Å²) in [5.41, 5.74) is 2.04. The molecule has 0 amide bonds. The van der Waals surface area contributed by atoms with Crippen LogP contribution < -0.4 is 5.32 Å². The van der Waals surface area contributed by atoms with E-state index in [9.17, 15) is 5.11 Å². The van der Waals surface area contributed by atoms with E-state index in [4.69, 9.17) is 4.52 Å². The molecule has 0 radical (unpaired) electrons. The van der Waals surface area contributed by atoms with Gasteiger partial charge in [-0.25, -0.2) is 0 Å². The molecule has 19 heavy (non-hydrogen) atoms. The Hall–Kier alpha value is -1.79. The van der Waals surface area contributed by atoms with Crippen molar-refractivity contribution in [2.24, 2.45) is 0 Å². The molecular formula is C13H16N4O2. The first-order valence-electron chi connectivity index (χ1n) is 6.46. The highest BCUT2D eigenvalue weighted by molar-refractivity contribution is 5.58. The number of rotatable bonds is 3. The summed E-state index contributed by atoms with van der Waals surface area (Å²) < 4.78 is 5.30. The van der Waals surface area contributed by atoms with Crippen molar-refractivity contribution in [2.75, 3.05) is 6.54 Å². The fourth-order valence-electron chi connectivity index (χ4n) is 2.32. The Morgan fingerprint density at radius 2 is 2.42 bits per heavy atom. The van der Waals surface area contributed by atoms with E-state index >= 15 is 0 Å². The molecule has 0 spiro atoms. The molecule has 0 unspecified atom stereocenters. The van der Waals surface area contributed by atoms with Crippen LogP contribution >= 0.6 is 0 Å². The van der Waals surface area contributed by atoms with Gasteiger partial charge < -0.3 is 14.9 Å². The molecule has 6 nitrogen and oxygen atoms in total. The zero-order chi connectivity index (χ0) is 13.2. The number of β-amino-alcohol motifs (C(OH)–C–C–N with tert-alkyl or cyclic N) is 1. The highest BCUT2D eigenvalue weighted by atomic mass is 16.5. The monoisotopic (exact) mass is 260 g/mol. The summed E-state index contributed by atoms with van der Waals surface area (Å²) in [5.74, 6) is 1.11. The van der Waals surface area contributed by atoms with Gasteiger partial charge in [0.2, 0.25) is 11.7 Å². The van der Waals surface area contributed by atoms with Crippen LogP contribution in [0.3, 0.4) is 0 Å². The van der Waals surface area contributed by atoms with E-state index in [0.717, 1.165) is 17.5 Å². The number of pyridine rings is 1. The van der Waals surface area contributed by atoms with Gasteiger partial charge in [-0.1, -0.05) is 12.1 Å². The molecule has 1 fully saturated rings. The van der Waals surface area contributed by atoms with E-state index in [-0.39, 0.29) is 12.1 Å². The SMILES string of the molecule is CCc1cnccc1-c1noc([C@@H]2C[C@@H](O)CN2)n1. The number of aryl methyl sites for hydroxylation is 1. The third-order valence-corrected chi connectivity index (χ3v) is 3.37. The zero-order valence-electron chi connectivity index (χ0n) is 10.7. The first-order valence-corrected chi connectivity index (χ1v) is 6.46. The summed E-state index contributed by atoms with van der Waals surface area (Å²) in [6.45, 7) is 2.63. The highest BCUT2D eigenvalue weighted by Gasteiger charge is 2.28. The van der Waals surface area contributed by atoms with E-state index in [0.29, 0.717) is 24.7 Å². The van der Waals surface area contributed by atoms with Crippen LogP contribution in [0.4, 0.5) is 0 Å². The van der Waals surface area contributed by atoms with Crippen molar-refractivity contribution in [3.63, 3.8) is 0 Å². The van der Waals surface area contributed by atoms with Crippen molar-refractivity contribution in [3.8, 4) is 11.4 Å². The summed E-state index contributed by atoms with van der Waals surface area (Å²) >= 11 is 0. The van der Waals surface area contributed by atoms with Crippen LogP contribution in [-0.4, -0.2) is 32.9 Å². The number of hydrogen-bond acceptors (Lipinski definition) is 6. The molecule has 1 aliphatic rings. The topological polar surface area (TPSA) is 84.1 Å². The second-order valence-electron chi connectivity index (χ2n) is 4.69. The molecule has 2 aromatic heterocycles. The summed E-state index contributed by atoms with van der Waals surface area (Å²) in [6, 6.07) is 1.84. The van der Waals surface area contributed by atoms with E-state index in [2.05, 4.69) is 27.4 Å². The van der Waals surface area contributed by atoms with E-state index in [1.165, 1.54) is 0 Å². The van der Waals surface area contributed by atoms with Crippen molar-refractivity contribution in [1.29, 1.82) is 0 Å². The standard InChI is InChI=1S/C13H16N4O2/c1-2-8-6-14-4-3-10(8)12-16-13(19-17-12)11-5-9(18)7-15-11/h3-4,6,9,11,15,18H,2,5,7H2,1H3/t9-,11+/m1/s1. The van der Waals surface area contributed by atoms with Gasteiger partial charge in [-0.3, -0.25) is 4.98 Å². The third kappa shape index (κ3) is 2.36. The molecule has 6 heteroatoms. The van der Waals surface area contributed by atoms with Gasteiger partial charge in [0.1, 0.15) is 0 Å². The minimum Gasteiger partial charge on any atom is -0.392 e. The predicted octanol–water partition coefficient (Wildman–Crippen LogP) is 1.09. The number of nitrogens with one attached hydrogen (secondary N) is 1. The Labute approximate surface area is 110 Å². The summed E-state index contributed by atoms with van der Waals surface area (Å²) in [7, 11) is 0. The maximum Gasteiger partial charge on any atom is 0.244 e. The molecule has 2 aromatic rings. The lowest BCUT2D eigenvalue weighted by Gasteiger charge is -2.02. The van der Waals surface area contributed by atoms with Gasteiger partial charge in [0.15, 0.2) is 0 Å². The Kier molecular flexibility index (Phi) is 3.27. The molecule has 1 saturated heterocycles. The van der Waals surface area contributed by atoms with Crippen molar-refractivity contribution in [3.05, 3.63) is 29.9 Å². The van der Waals surface area contributed by atoms with Crippen LogP contribution in [0.15, 0.2) is 23.0 Å². The van der Waals surface area contributed by atoms with Crippen molar-refractivity contribution in [2.45, 2.75) is 31.9 Å². The lowest BCUT2D eigenvalue weighted by molar-refractivity contribution is 0.191. The molecule has 0 bridgehead atoms. The van der Waals surface area contributed by atoms with E-state index in [1.54, 1.807) is 6.20 Å². The minimum atomic E-state index is -0.340. The quantitative estimate of drug-likeness (QED) is 0.859. The van der Waals surface area contributed by atoms with Crippen molar-refractivity contribution in [1.82, 2.24) is 20.4 Å². The average Bonchev–Trinajstić information content (AvgIpc) is 3.07. The second-order valence-corrected chi connectivity index (χ2v) is 4.69. The minimum absolute atomic E-state index is 0.0526. The first-order chi connectivity index (χ1) is 9.28. The molecule has 1 aliphatic heterocycles. The van der Waals surface area contributed by atoms with Gasteiger partial charge in [-0.15, -0.1) is 0 Å². The number of aliphatic hydroxyl groups excluding tert-OH is 1. The maximum atomic E-state index is 9.51. The smallest absolute Gasteiger partial charge is 0.244 e. The molecule has 2 atom stereocenters. The van der Waals surface area contributed by atoms with E-state index < -0.39 is 0 Å². The summed E-state index contributed by atoms with van der Waals surface area (Å²) in [6.07, 6.45) is 4.68. The van der Waals surface area contributed by atoms with Crippen LogP contribution in [0.2, 0.25) is 0 Å². The lowest BCUT2D eigenvalue weighted by Crippen LogP contribution is -2.15. The molecule has 0 aromatic carbocycles. The maximum absolute atomic E-state index is 9.51. The number of aliphatic hydroxyl groups is 1. The van der Waals surface area contributed by atoms with Crippen LogP contribution in [0.1, 0.15) is 30.8 Å². The number of nitrogens with zero attached hydrogens (tertiary/aromatic N) is 3. The Balaban J connectivity index is 1.88. The predicted molar refractivity (Wildman–Crippen MR) is 68.3 cm³/mol. The Morgan fingerprint density at radius 3 is 3.16 bits per heavy atom. The van der Waals surface area contributed by atoms with Crippen molar-refractivity contribution < 1.29 is 9.63 Å². The van der Waals surface area contributed by atoms with Crippen LogP contribution in [0.5, 0.6) is 0 Å². The highest BCUT2D eigenvalue weighted by Crippen LogP contribution is 2.26. The van der Waals surface area contributed by atoms with Gasteiger partial charge >= 0.3 is 0 Å². The van der Waals surface area contributed by atoms with Crippen LogP contribution in [-0.2, 0) is 6.42 Å². The van der Waals surface area contributed by atoms with Gasteiger partial charge in [0.25, 0.3) is 0 Å². The van der Waals surface area contributed by atoms with Crippen molar-refractivity contribution >= 4 is 0 Å². The molecule has 100 valence electrons. The normalized spacial score (nSPS) is 22.8. The fourth-order valence-corrected chi connectivity index (χ4v) is 2.32. The number of aromatic nitrogens is 3. The molecule has 0 aliphatic carbocycles. The van der Waals surface area contributed by atoms with Crippen LogP contribution in [0, 0.1) is 0 Å². The fraction of sp³-hybridized carbons (Fsp3) is 0.462. The average molecular weight is 260 g/mol. The van der Waals surface area contributed by atoms with Gasteiger partial charge in [-0.2, -0.15) is 4.98 Å². The Morgan fingerprint density at radius 1 is 1.53 bits per heavy atom. The first kappa shape index (κ1) is 12.3.